The molecule has 1 unspecified atom stereocenters. The van der Waals surface area contributed by atoms with Gasteiger partial charge in [-0.3, -0.25) is 0 Å². The Morgan fingerprint density at radius 1 is 1.50 bits per heavy atom. The van der Waals surface area contributed by atoms with Crippen molar-refractivity contribution in [3.05, 3.63) is 0 Å². The van der Waals surface area contributed by atoms with Crippen LogP contribution < -0.4 is 0 Å². The van der Waals surface area contributed by atoms with Crippen molar-refractivity contribution in [2.45, 2.75) is 39.2 Å². The van der Waals surface area contributed by atoms with Crippen molar-refractivity contribution in [3.8, 4) is 0 Å². The Balaban J connectivity index is 2.63. The smallest absolute Gasteiger partial charge is 0.0481 e. The Bertz CT molecular complexity index is 110. The molecule has 0 bridgehead atoms. The van der Waals surface area contributed by atoms with Crippen LogP contribution in [0.2, 0.25) is 0 Å². The van der Waals surface area contributed by atoms with Gasteiger partial charge in [0.25, 0.3) is 0 Å². The van der Waals surface area contributed by atoms with Crippen LogP contribution in [0.25, 0.3) is 0 Å². The normalized spacial score (nSPS) is 34.2. The fourth-order valence-corrected chi connectivity index (χ4v) is 1.42. The van der Waals surface area contributed by atoms with Crippen molar-refractivity contribution in [1.82, 2.24) is 5.12 Å². The molecule has 1 atom stereocenters. The number of piperidine rings is 1. The first-order valence-corrected chi connectivity index (χ1v) is 3.98. The van der Waals surface area contributed by atoms with Crippen molar-refractivity contribution in [1.29, 1.82) is 0 Å². The molecule has 1 aliphatic rings. The Morgan fingerprint density at radius 3 is 2.50 bits per heavy atom. The summed E-state index contributed by atoms with van der Waals surface area (Å²) >= 11 is 0. The molecule has 0 N–H and O–H groups in total. The number of halogens is 1. The van der Waals surface area contributed by atoms with E-state index >= 15 is 0 Å². The number of hydrogen-bond acceptors (Lipinski definition) is 1. The largest absolute Gasteiger partial charge is 0.141 e. The first kappa shape index (κ1) is 7.99. The van der Waals surface area contributed by atoms with Crippen LogP contribution in [0.3, 0.4) is 0 Å². The van der Waals surface area contributed by atoms with Gasteiger partial charge in [-0.2, -0.15) is 0 Å². The molecule has 1 saturated heterocycles. The maximum absolute atomic E-state index is 13.0. The maximum atomic E-state index is 13.0. The molecule has 0 aromatic rings. The quantitative estimate of drug-likeness (QED) is 0.473. The third kappa shape index (κ3) is 1.17. The highest BCUT2D eigenvalue weighted by Crippen LogP contribution is 2.32. The molecule has 1 rings (SSSR count). The summed E-state index contributed by atoms with van der Waals surface area (Å²) in [6, 6.07) is 0. The molecule has 0 aromatic carbocycles. The monoisotopic (exact) mass is 145 g/mol. The van der Waals surface area contributed by atoms with E-state index < -0.39 is 0 Å². The fourth-order valence-electron chi connectivity index (χ4n) is 1.42. The van der Waals surface area contributed by atoms with Crippen LogP contribution in [-0.4, -0.2) is 17.2 Å². The second-order valence-corrected chi connectivity index (χ2v) is 3.78. The molecule has 1 fully saturated rings. The van der Waals surface area contributed by atoms with Crippen LogP contribution in [0.15, 0.2) is 0 Å². The van der Waals surface area contributed by atoms with Crippen LogP contribution >= 0.6 is 0 Å². The van der Waals surface area contributed by atoms with Crippen molar-refractivity contribution in [3.63, 3.8) is 0 Å². The molecule has 0 aliphatic carbocycles. The van der Waals surface area contributed by atoms with Crippen molar-refractivity contribution < 1.29 is 4.48 Å². The Kier molecular flexibility index (Phi) is 1.99. The average Bonchev–Trinajstić information content (AvgIpc) is 1.84. The van der Waals surface area contributed by atoms with E-state index in [1.165, 1.54) is 0 Å². The highest BCUT2D eigenvalue weighted by molar-refractivity contribution is 4.86. The van der Waals surface area contributed by atoms with E-state index in [1.54, 1.807) is 0 Å². The van der Waals surface area contributed by atoms with E-state index in [2.05, 4.69) is 6.92 Å². The first-order chi connectivity index (χ1) is 4.55. The molecule has 1 heterocycles. The lowest BCUT2D eigenvalue weighted by Gasteiger charge is -2.40. The lowest BCUT2D eigenvalue weighted by atomic mass is 9.82. The molecule has 0 saturated carbocycles. The molecular weight excluding hydrogens is 129 g/mol. The van der Waals surface area contributed by atoms with Gasteiger partial charge >= 0.3 is 0 Å². The summed E-state index contributed by atoms with van der Waals surface area (Å²) in [6.45, 7) is 6.66. The summed E-state index contributed by atoms with van der Waals surface area (Å²) in [6.07, 6.45) is 2.16. The molecule has 2 heteroatoms. The van der Waals surface area contributed by atoms with Gasteiger partial charge in [0.2, 0.25) is 0 Å². The van der Waals surface area contributed by atoms with Gasteiger partial charge in [0.1, 0.15) is 0 Å². The second kappa shape index (κ2) is 2.50. The van der Waals surface area contributed by atoms with Crippen molar-refractivity contribution in [2.24, 2.45) is 5.92 Å². The molecule has 1 aliphatic heterocycles. The van der Waals surface area contributed by atoms with E-state index in [9.17, 15) is 4.48 Å². The van der Waals surface area contributed by atoms with Crippen molar-refractivity contribution in [2.75, 3.05) is 6.54 Å². The van der Waals surface area contributed by atoms with Gasteiger partial charge in [-0.1, -0.05) is 6.92 Å². The summed E-state index contributed by atoms with van der Waals surface area (Å²) in [5.41, 5.74) is -0.238. The zero-order valence-electron chi connectivity index (χ0n) is 7.02. The average molecular weight is 145 g/mol. The van der Waals surface area contributed by atoms with Gasteiger partial charge in [0.15, 0.2) is 0 Å². The van der Waals surface area contributed by atoms with Gasteiger partial charge in [-0.25, -0.2) is 0 Å². The third-order valence-electron chi connectivity index (χ3n) is 2.82. The van der Waals surface area contributed by atoms with Gasteiger partial charge in [0, 0.05) is 12.1 Å². The number of hydrogen-bond donors (Lipinski definition) is 0. The fraction of sp³-hybridized carbons (Fsp3) is 1.00. The van der Waals surface area contributed by atoms with E-state index in [0.717, 1.165) is 18.0 Å². The summed E-state index contributed by atoms with van der Waals surface area (Å²) < 4.78 is 13.0. The standard InChI is InChI=1S/C8H16FN/c1-7-5-4-6-10(9)8(7,2)3/h7H,4-6H2,1-3H3. The zero-order chi connectivity index (χ0) is 7.78. The first-order valence-electron chi connectivity index (χ1n) is 3.98. The van der Waals surface area contributed by atoms with E-state index in [4.69, 9.17) is 0 Å². The molecule has 10 heavy (non-hydrogen) atoms. The maximum Gasteiger partial charge on any atom is 0.0481 e. The topological polar surface area (TPSA) is 3.24 Å². The molecule has 1 nitrogen and oxygen atoms in total. The molecule has 0 radical (unpaired) electrons. The van der Waals surface area contributed by atoms with Gasteiger partial charge in [-0.15, -0.1) is 9.60 Å². The summed E-state index contributed by atoms with van der Waals surface area (Å²) in [5, 5.41) is 0.973. The lowest BCUT2D eigenvalue weighted by Crippen LogP contribution is -2.47. The van der Waals surface area contributed by atoms with Crippen molar-refractivity contribution >= 4 is 0 Å². The predicted molar refractivity (Wildman–Crippen MR) is 40.3 cm³/mol. The molecule has 0 amide bonds. The minimum atomic E-state index is -0.238. The third-order valence-corrected chi connectivity index (χ3v) is 2.82. The predicted octanol–water partition coefficient (Wildman–Crippen LogP) is 2.38. The van der Waals surface area contributed by atoms with Crippen LogP contribution in [-0.2, 0) is 0 Å². The Morgan fingerprint density at radius 2 is 2.10 bits per heavy atom. The van der Waals surface area contributed by atoms with Crippen LogP contribution in [0.1, 0.15) is 33.6 Å². The van der Waals surface area contributed by atoms with Gasteiger partial charge in [0.05, 0.1) is 0 Å². The van der Waals surface area contributed by atoms with Crippen LogP contribution in [0, 0.1) is 5.92 Å². The second-order valence-electron chi connectivity index (χ2n) is 3.78. The number of rotatable bonds is 0. The summed E-state index contributed by atoms with van der Waals surface area (Å²) in [5.74, 6) is 0.478. The van der Waals surface area contributed by atoms with E-state index in [1.807, 2.05) is 13.8 Å². The Hall–Kier alpha value is -0.110. The van der Waals surface area contributed by atoms with Crippen LogP contribution in [0.4, 0.5) is 4.48 Å². The molecule has 0 spiro atoms. The molecular formula is C8H16FN. The van der Waals surface area contributed by atoms with Gasteiger partial charge in [-0.05, 0) is 32.6 Å². The Labute approximate surface area is 62.1 Å². The van der Waals surface area contributed by atoms with E-state index in [-0.39, 0.29) is 5.54 Å². The number of nitrogens with zero attached hydrogens (tertiary/aromatic N) is 1. The molecule has 0 aromatic heterocycles. The minimum Gasteiger partial charge on any atom is -0.141 e. The van der Waals surface area contributed by atoms with E-state index in [0.29, 0.717) is 12.5 Å². The zero-order valence-corrected chi connectivity index (χ0v) is 7.02. The van der Waals surface area contributed by atoms with Gasteiger partial charge < -0.3 is 0 Å². The SMILES string of the molecule is CC1CCCN(F)C1(C)C. The van der Waals surface area contributed by atoms with Crippen LogP contribution in [0.5, 0.6) is 0 Å². The lowest BCUT2D eigenvalue weighted by molar-refractivity contribution is -0.115. The minimum absolute atomic E-state index is 0.238. The highest BCUT2D eigenvalue weighted by Gasteiger charge is 2.36. The summed E-state index contributed by atoms with van der Waals surface area (Å²) in [7, 11) is 0. The molecule has 60 valence electrons. The highest BCUT2D eigenvalue weighted by atomic mass is 19.2. The summed E-state index contributed by atoms with van der Waals surface area (Å²) in [4.78, 5) is 0.